The number of rotatable bonds is 8. The first-order chi connectivity index (χ1) is 18.2. The zero-order valence-corrected chi connectivity index (χ0v) is 23.8. The molecule has 7 nitrogen and oxygen atoms in total. The Morgan fingerprint density at radius 3 is 2.69 bits per heavy atom. The average Bonchev–Trinajstić information content (AvgIpc) is 3.27. The lowest BCUT2D eigenvalue weighted by atomic mass is 9.47. The fourth-order valence-corrected chi connectivity index (χ4v) is 7.26. The predicted molar refractivity (Wildman–Crippen MR) is 146 cm³/mol. The molecule has 2 aliphatic carbocycles. The van der Waals surface area contributed by atoms with Crippen molar-refractivity contribution in [3.05, 3.63) is 36.2 Å². The lowest BCUT2D eigenvalue weighted by Gasteiger charge is -2.60. The molecule has 9 heteroatoms. The number of hydrogen-bond acceptors (Lipinski definition) is 7. The second-order valence-electron chi connectivity index (χ2n) is 12.7. The highest BCUT2D eigenvalue weighted by Crippen LogP contribution is 2.62. The van der Waals surface area contributed by atoms with Crippen molar-refractivity contribution in [1.29, 1.82) is 0 Å². The first-order valence-electron chi connectivity index (χ1n) is 14.0. The van der Waals surface area contributed by atoms with Gasteiger partial charge in [-0.05, 0) is 67.8 Å². The molecule has 1 aromatic rings. The molecule has 214 valence electrons. The van der Waals surface area contributed by atoms with Gasteiger partial charge in [0.05, 0.1) is 12.7 Å². The van der Waals surface area contributed by atoms with Gasteiger partial charge in [-0.3, -0.25) is 0 Å². The Labute approximate surface area is 231 Å². The molecule has 7 atom stereocenters. The van der Waals surface area contributed by atoms with Gasteiger partial charge in [-0.1, -0.05) is 33.8 Å². The number of benzene rings is 1. The molecule has 4 rings (SSSR count). The van der Waals surface area contributed by atoms with Gasteiger partial charge in [0.25, 0.3) is 0 Å². The number of fused-ring (bicyclic) bond motifs is 3. The van der Waals surface area contributed by atoms with Crippen molar-refractivity contribution in [3.8, 4) is 5.75 Å². The maximum Gasteiger partial charge on any atom is 0.492 e. The van der Waals surface area contributed by atoms with E-state index in [2.05, 4.69) is 27.4 Å². The molecule has 0 radical (unpaired) electrons. The van der Waals surface area contributed by atoms with Crippen molar-refractivity contribution >= 4 is 24.3 Å². The number of carbonyl (C=O) groups excluding carboxylic acids is 2. The number of esters is 1. The van der Waals surface area contributed by atoms with Crippen LogP contribution >= 0.6 is 0 Å². The lowest BCUT2D eigenvalue weighted by Crippen LogP contribution is -2.58. The third-order valence-corrected chi connectivity index (χ3v) is 10.3. The Balaban J connectivity index is 1.59. The summed E-state index contributed by atoms with van der Waals surface area (Å²) in [5, 5.41) is 21.6. The van der Waals surface area contributed by atoms with Crippen LogP contribution in [0.5, 0.6) is 5.75 Å². The van der Waals surface area contributed by atoms with Crippen LogP contribution in [0, 0.1) is 33.9 Å². The summed E-state index contributed by atoms with van der Waals surface area (Å²) in [6.45, 7) is 13.5. The molecule has 2 saturated carbocycles. The third-order valence-electron chi connectivity index (χ3n) is 10.3. The zero-order valence-electron chi connectivity index (χ0n) is 23.8. The lowest BCUT2D eigenvalue weighted by molar-refractivity contribution is -0.190. The Kier molecular flexibility index (Phi) is 8.37. The molecule has 0 amide bonds. The van der Waals surface area contributed by atoms with E-state index in [1.807, 2.05) is 6.92 Å². The number of carbonyl (C=O) groups is 2. The van der Waals surface area contributed by atoms with Gasteiger partial charge in [-0.15, -0.1) is 6.58 Å². The van der Waals surface area contributed by atoms with E-state index in [1.165, 1.54) is 12.1 Å². The summed E-state index contributed by atoms with van der Waals surface area (Å²) >= 11 is 0. The number of halogens is 1. The topological polar surface area (TPSA) is 102 Å². The molecule has 3 aliphatic rings. The van der Waals surface area contributed by atoms with Crippen molar-refractivity contribution in [2.24, 2.45) is 28.1 Å². The number of ketones is 1. The first-order valence-corrected chi connectivity index (χ1v) is 14.0. The molecular formula is C30H42BFO7. The van der Waals surface area contributed by atoms with E-state index in [4.69, 9.17) is 14.1 Å². The van der Waals surface area contributed by atoms with Gasteiger partial charge in [0.15, 0.2) is 6.61 Å². The third kappa shape index (κ3) is 5.55. The minimum absolute atomic E-state index is 0.0243. The molecule has 39 heavy (non-hydrogen) atoms. The number of aliphatic hydroxyl groups is 1. The van der Waals surface area contributed by atoms with Crippen molar-refractivity contribution < 1.29 is 38.2 Å². The van der Waals surface area contributed by atoms with E-state index in [1.54, 1.807) is 13.0 Å². The van der Waals surface area contributed by atoms with Crippen molar-refractivity contribution in [2.75, 3.05) is 6.61 Å². The Morgan fingerprint density at radius 1 is 1.31 bits per heavy atom. The van der Waals surface area contributed by atoms with Gasteiger partial charge >= 0.3 is 13.1 Å². The highest BCUT2D eigenvalue weighted by Gasteiger charge is 2.58. The summed E-state index contributed by atoms with van der Waals surface area (Å²) in [5.74, 6) is -0.761. The summed E-state index contributed by atoms with van der Waals surface area (Å²) < 4.78 is 31.3. The molecule has 0 saturated heterocycles. The Bertz CT molecular complexity index is 1130. The number of aliphatic hydroxyl groups excluding tert-OH is 1. The van der Waals surface area contributed by atoms with E-state index in [0.717, 1.165) is 19.3 Å². The molecule has 0 spiro atoms. The fourth-order valence-electron chi connectivity index (χ4n) is 7.26. The maximum atomic E-state index is 14.4. The summed E-state index contributed by atoms with van der Waals surface area (Å²) in [6, 6.07) is 2.64. The molecule has 2 N–H and O–H groups in total. The molecule has 2 bridgehead atoms. The van der Waals surface area contributed by atoms with E-state index in [0.29, 0.717) is 19.3 Å². The summed E-state index contributed by atoms with van der Waals surface area (Å²) in [6.07, 6.45) is 4.56. The summed E-state index contributed by atoms with van der Waals surface area (Å²) in [7, 11) is -1.23. The largest absolute Gasteiger partial charge is 0.492 e. The fraction of sp³-hybridized carbons (Fsp3) is 0.667. The highest BCUT2D eigenvalue weighted by molar-refractivity contribution is 6.61. The van der Waals surface area contributed by atoms with Gasteiger partial charge in [-0.25, -0.2) is 9.18 Å². The minimum atomic E-state index is -1.23. The summed E-state index contributed by atoms with van der Waals surface area (Å²) in [5.41, 5.74) is -0.831. The number of ether oxygens (including phenoxy) is 2. The average molecular weight is 544 g/mol. The van der Waals surface area contributed by atoms with Gasteiger partial charge in [0.1, 0.15) is 23.5 Å². The Morgan fingerprint density at radius 2 is 2.03 bits per heavy atom. The molecule has 1 aliphatic heterocycles. The standard InChI is InChI=1S/C30H42BFO7/c1-7-28(5)14-25(39-26(34)16-37-21-12-23-22(24(32)13-21)15-38-31(23)36)29(6)17-30(10-8-18(29)2,11-9-19(3)33)20(4)27(28)35/h7,12-13,18,20,25,27,35-36H,1,8-11,14-17H2,2-6H3/t18-,20+,25-,27+,28-,29+,30-/m1/s1. The molecule has 0 unspecified atom stereocenters. The summed E-state index contributed by atoms with van der Waals surface area (Å²) in [4.78, 5) is 25.2. The van der Waals surface area contributed by atoms with Gasteiger partial charge in [-0.2, -0.15) is 0 Å². The highest BCUT2D eigenvalue weighted by atomic mass is 19.1. The van der Waals surface area contributed by atoms with E-state index in [9.17, 15) is 24.1 Å². The van der Waals surface area contributed by atoms with Gasteiger partial charge in [0, 0.05) is 28.9 Å². The first kappa shape index (κ1) is 29.8. The van der Waals surface area contributed by atoms with Crippen LogP contribution in [0.1, 0.15) is 78.7 Å². The monoisotopic (exact) mass is 544 g/mol. The van der Waals surface area contributed by atoms with E-state index < -0.39 is 48.5 Å². The van der Waals surface area contributed by atoms with Crippen LogP contribution in [0.2, 0.25) is 0 Å². The minimum Gasteiger partial charge on any atom is -0.482 e. The van der Waals surface area contributed by atoms with E-state index >= 15 is 0 Å². The zero-order chi connectivity index (χ0) is 28.8. The van der Waals surface area contributed by atoms with Gasteiger partial charge < -0.3 is 29.1 Å². The van der Waals surface area contributed by atoms with Crippen LogP contribution in [0.15, 0.2) is 24.8 Å². The van der Waals surface area contributed by atoms with Crippen LogP contribution in [-0.4, -0.2) is 47.8 Å². The second kappa shape index (κ2) is 11.0. The number of Topliss-reactive ketones (excluding diaryl/α,β-unsaturated/α-hetero) is 1. The molecule has 1 aromatic carbocycles. The van der Waals surface area contributed by atoms with E-state index in [-0.39, 0.29) is 46.4 Å². The maximum absolute atomic E-state index is 14.4. The van der Waals surface area contributed by atoms with Crippen LogP contribution in [0.4, 0.5) is 4.39 Å². The number of hydrogen-bond donors (Lipinski definition) is 2. The molecule has 2 fully saturated rings. The van der Waals surface area contributed by atoms with Gasteiger partial charge in [0.2, 0.25) is 0 Å². The van der Waals surface area contributed by atoms with Crippen molar-refractivity contribution in [2.45, 2.75) is 92.0 Å². The van der Waals surface area contributed by atoms with Crippen LogP contribution in [0.3, 0.4) is 0 Å². The quantitative estimate of drug-likeness (QED) is 0.289. The second-order valence-corrected chi connectivity index (χ2v) is 12.7. The molecule has 1 heterocycles. The molecule has 0 aromatic heterocycles. The van der Waals surface area contributed by atoms with Crippen LogP contribution < -0.4 is 10.2 Å². The van der Waals surface area contributed by atoms with Crippen LogP contribution in [0.25, 0.3) is 0 Å². The Hall–Kier alpha value is -2.23. The predicted octanol–water partition coefficient (Wildman–Crippen LogP) is 4.11. The smallest absolute Gasteiger partial charge is 0.482 e. The van der Waals surface area contributed by atoms with Crippen molar-refractivity contribution in [1.82, 2.24) is 0 Å². The SMILES string of the molecule is C=C[C@]1(C)C[C@@H](OC(=O)COc2cc(F)c3c(c2)B(O)OC3)[C@@]2(C)C[C@](CCC(C)=O)(CC[C@H]2C)[C@@H](C)[C@@H]1O. The van der Waals surface area contributed by atoms with Crippen LogP contribution in [-0.2, 0) is 25.6 Å². The molecular weight excluding hydrogens is 502 g/mol. The van der Waals surface area contributed by atoms with Crippen molar-refractivity contribution in [3.63, 3.8) is 0 Å². The normalized spacial score (nSPS) is 35.9.